The van der Waals surface area contributed by atoms with Crippen molar-refractivity contribution in [2.24, 2.45) is 11.7 Å². The standard InChI is InChI=1S/C15H21NO2/c16-10-12-3-1-2-4-13(12)11-5-6-14-15(9-11)18-8-7-17-14/h5-6,9,12-13H,1-4,7-8,10,16H2. The van der Waals surface area contributed by atoms with Crippen molar-refractivity contribution in [2.75, 3.05) is 19.8 Å². The Morgan fingerprint density at radius 1 is 1.06 bits per heavy atom. The van der Waals surface area contributed by atoms with Gasteiger partial charge in [-0.3, -0.25) is 0 Å². The normalized spacial score (nSPS) is 26.9. The van der Waals surface area contributed by atoms with Crippen LogP contribution in [0.1, 0.15) is 37.2 Å². The van der Waals surface area contributed by atoms with Gasteiger partial charge < -0.3 is 15.2 Å². The molecule has 0 aromatic heterocycles. The Morgan fingerprint density at radius 3 is 2.67 bits per heavy atom. The molecule has 2 aliphatic rings. The summed E-state index contributed by atoms with van der Waals surface area (Å²) >= 11 is 0. The highest BCUT2D eigenvalue weighted by molar-refractivity contribution is 5.45. The van der Waals surface area contributed by atoms with Gasteiger partial charge in [-0.15, -0.1) is 0 Å². The molecule has 98 valence electrons. The maximum atomic E-state index is 5.91. The van der Waals surface area contributed by atoms with Crippen LogP contribution in [-0.2, 0) is 0 Å². The molecule has 3 heteroatoms. The second-order valence-corrected chi connectivity index (χ2v) is 5.29. The van der Waals surface area contributed by atoms with Crippen molar-refractivity contribution in [3.8, 4) is 11.5 Å². The van der Waals surface area contributed by atoms with Gasteiger partial charge in [0.2, 0.25) is 0 Å². The zero-order valence-electron chi connectivity index (χ0n) is 10.7. The first kappa shape index (κ1) is 11.8. The topological polar surface area (TPSA) is 44.5 Å². The van der Waals surface area contributed by atoms with E-state index in [4.69, 9.17) is 15.2 Å². The predicted octanol–water partition coefficient (Wildman–Crippen LogP) is 2.69. The van der Waals surface area contributed by atoms with Crippen molar-refractivity contribution in [3.05, 3.63) is 23.8 Å². The monoisotopic (exact) mass is 247 g/mol. The second kappa shape index (κ2) is 5.19. The molecule has 1 heterocycles. The average molecular weight is 247 g/mol. The summed E-state index contributed by atoms with van der Waals surface area (Å²) in [4.78, 5) is 0. The van der Waals surface area contributed by atoms with Crippen LogP contribution in [0.3, 0.4) is 0 Å². The number of rotatable bonds is 2. The highest BCUT2D eigenvalue weighted by atomic mass is 16.6. The van der Waals surface area contributed by atoms with E-state index in [9.17, 15) is 0 Å². The second-order valence-electron chi connectivity index (χ2n) is 5.29. The molecule has 1 fully saturated rings. The third-order valence-electron chi connectivity index (χ3n) is 4.21. The molecule has 18 heavy (non-hydrogen) atoms. The van der Waals surface area contributed by atoms with Gasteiger partial charge in [0.15, 0.2) is 11.5 Å². The van der Waals surface area contributed by atoms with Gasteiger partial charge in [0, 0.05) is 0 Å². The molecule has 2 unspecified atom stereocenters. The minimum absolute atomic E-state index is 0.597. The molecular formula is C15H21NO2. The summed E-state index contributed by atoms with van der Waals surface area (Å²) in [5.74, 6) is 3.01. The number of nitrogens with two attached hydrogens (primary N) is 1. The van der Waals surface area contributed by atoms with E-state index in [1.165, 1.54) is 31.2 Å². The fourth-order valence-corrected chi connectivity index (χ4v) is 3.22. The van der Waals surface area contributed by atoms with Crippen LogP contribution < -0.4 is 15.2 Å². The van der Waals surface area contributed by atoms with Crippen LogP contribution in [0.2, 0.25) is 0 Å². The first-order valence-electron chi connectivity index (χ1n) is 6.98. The minimum atomic E-state index is 0.597. The predicted molar refractivity (Wildman–Crippen MR) is 71.2 cm³/mol. The van der Waals surface area contributed by atoms with Crippen LogP contribution in [0, 0.1) is 5.92 Å². The van der Waals surface area contributed by atoms with Crippen LogP contribution in [0.5, 0.6) is 11.5 Å². The van der Waals surface area contributed by atoms with Crippen molar-refractivity contribution < 1.29 is 9.47 Å². The molecule has 0 bridgehead atoms. The van der Waals surface area contributed by atoms with E-state index < -0.39 is 0 Å². The molecule has 1 aliphatic heterocycles. The SMILES string of the molecule is NCC1CCCCC1c1ccc2c(c1)OCCO2. The molecule has 3 rings (SSSR count). The Labute approximate surface area is 108 Å². The van der Waals surface area contributed by atoms with Gasteiger partial charge in [0.1, 0.15) is 13.2 Å². The molecule has 0 radical (unpaired) electrons. The van der Waals surface area contributed by atoms with Crippen LogP contribution in [0.15, 0.2) is 18.2 Å². The Morgan fingerprint density at radius 2 is 1.83 bits per heavy atom. The molecule has 1 aliphatic carbocycles. The van der Waals surface area contributed by atoms with Crippen LogP contribution >= 0.6 is 0 Å². The summed E-state index contributed by atoms with van der Waals surface area (Å²) in [5.41, 5.74) is 7.28. The van der Waals surface area contributed by atoms with E-state index in [-0.39, 0.29) is 0 Å². The first-order valence-corrected chi connectivity index (χ1v) is 6.98. The number of fused-ring (bicyclic) bond motifs is 1. The zero-order valence-corrected chi connectivity index (χ0v) is 10.7. The Kier molecular flexibility index (Phi) is 3.41. The van der Waals surface area contributed by atoms with Gasteiger partial charge in [-0.2, -0.15) is 0 Å². The molecule has 2 atom stereocenters. The number of ether oxygens (including phenoxy) is 2. The maximum absolute atomic E-state index is 5.91. The highest BCUT2D eigenvalue weighted by Crippen LogP contribution is 2.40. The Balaban J connectivity index is 1.86. The molecule has 0 spiro atoms. The Hall–Kier alpha value is -1.22. The number of hydrogen-bond acceptors (Lipinski definition) is 3. The molecule has 2 N–H and O–H groups in total. The van der Waals surface area contributed by atoms with E-state index in [1.807, 2.05) is 6.07 Å². The summed E-state index contributed by atoms with van der Waals surface area (Å²) in [6.45, 7) is 2.10. The molecule has 1 aromatic rings. The summed E-state index contributed by atoms with van der Waals surface area (Å²) in [7, 11) is 0. The number of hydrogen-bond donors (Lipinski definition) is 1. The average Bonchev–Trinajstić information content (AvgIpc) is 2.46. The summed E-state index contributed by atoms with van der Waals surface area (Å²) in [6, 6.07) is 6.39. The lowest BCUT2D eigenvalue weighted by Crippen LogP contribution is -2.25. The smallest absolute Gasteiger partial charge is 0.161 e. The highest BCUT2D eigenvalue weighted by Gasteiger charge is 2.26. The van der Waals surface area contributed by atoms with Crippen molar-refractivity contribution >= 4 is 0 Å². The van der Waals surface area contributed by atoms with E-state index >= 15 is 0 Å². The van der Waals surface area contributed by atoms with Gasteiger partial charge in [-0.05, 0) is 48.9 Å². The largest absolute Gasteiger partial charge is 0.486 e. The van der Waals surface area contributed by atoms with Crippen LogP contribution in [0.25, 0.3) is 0 Å². The lowest BCUT2D eigenvalue weighted by atomic mass is 9.75. The fraction of sp³-hybridized carbons (Fsp3) is 0.600. The lowest BCUT2D eigenvalue weighted by Gasteiger charge is -2.31. The molecule has 1 saturated carbocycles. The molecular weight excluding hydrogens is 226 g/mol. The summed E-state index contributed by atoms with van der Waals surface area (Å²) < 4.78 is 11.2. The van der Waals surface area contributed by atoms with Gasteiger partial charge in [0.05, 0.1) is 0 Å². The van der Waals surface area contributed by atoms with Gasteiger partial charge in [0.25, 0.3) is 0 Å². The van der Waals surface area contributed by atoms with E-state index in [0.29, 0.717) is 25.0 Å². The third kappa shape index (κ3) is 2.19. The maximum Gasteiger partial charge on any atom is 0.161 e. The van der Waals surface area contributed by atoms with Crippen LogP contribution in [0.4, 0.5) is 0 Å². The fourth-order valence-electron chi connectivity index (χ4n) is 3.22. The van der Waals surface area contributed by atoms with Gasteiger partial charge in [-0.25, -0.2) is 0 Å². The lowest BCUT2D eigenvalue weighted by molar-refractivity contribution is 0.171. The summed E-state index contributed by atoms with van der Waals surface area (Å²) in [6.07, 6.45) is 5.15. The van der Waals surface area contributed by atoms with E-state index in [1.54, 1.807) is 0 Å². The van der Waals surface area contributed by atoms with Gasteiger partial charge in [-0.1, -0.05) is 18.9 Å². The van der Waals surface area contributed by atoms with Crippen LogP contribution in [-0.4, -0.2) is 19.8 Å². The number of benzene rings is 1. The van der Waals surface area contributed by atoms with E-state index in [0.717, 1.165) is 18.0 Å². The zero-order chi connectivity index (χ0) is 12.4. The van der Waals surface area contributed by atoms with Crippen molar-refractivity contribution in [1.29, 1.82) is 0 Å². The molecule has 0 saturated heterocycles. The van der Waals surface area contributed by atoms with Crippen molar-refractivity contribution in [3.63, 3.8) is 0 Å². The summed E-state index contributed by atoms with van der Waals surface area (Å²) in [5, 5.41) is 0. The van der Waals surface area contributed by atoms with Crippen molar-refractivity contribution in [2.45, 2.75) is 31.6 Å². The minimum Gasteiger partial charge on any atom is -0.486 e. The quantitative estimate of drug-likeness (QED) is 0.874. The molecule has 3 nitrogen and oxygen atoms in total. The van der Waals surface area contributed by atoms with Gasteiger partial charge >= 0.3 is 0 Å². The first-order chi connectivity index (χ1) is 8.88. The Bertz CT molecular complexity index is 419. The van der Waals surface area contributed by atoms with E-state index in [2.05, 4.69) is 12.1 Å². The van der Waals surface area contributed by atoms with Crippen molar-refractivity contribution in [1.82, 2.24) is 0 Å². The third-order valence-corrected chi connectivity index (χ3v) is 4.21. The molecule has 1 aromatic carbocycles. The molecule has 0 amide bonds.